The first kappa shape index (κ1) is 14.7. The highest BCUT2D eigenvalue weighted by Gasteiger charge is 2.19. The summed E-state index contributed by atoms with van der Waals surface area (Å²) in [5.41, 5.74) is 2.27. The van der Waals surface area contributed by atoms with Gasteiger partial charge in [0.2, 0.25) is 5.89 Å². The number of nitrogens with one attached hydrogen (secondary N) is 1. The van der Waals surface area contributed by atoms with Gasteiger partial charge in [-0.2, -0.15) is 0 Å². The highest BCUT2D eigenvalue weighted by atomic mass is 16.5. The lowest BCUT2D eigenvalue weighted by molar-refractivity contribution is 0.0828. The van der Waals surface area contributed by atoms with Gasteiger partial charge in [0.05, 0.1) is 12.5 Å². The molecule has 1 aliphatic heterocycles. The SMILES string of the molecule is Cc1ccc(Cc2nnc(C(=O)NCC3CCCO3)o2)cc1. The number of benzene rings is 1. The first-order valence-corrected chi connectivity index (χ1v) is 7.48. The largest absolute Gasteiger partial charge is 0.417 e. The van der Waals surface area contributed by atoms with Gasteiger partial charge in [-0.3, -0.25) is 4.79 Å². The maximum atomic E-state index is 11.9. The quantitative estimate of drug-likeness (QED) is 0.912. The molecule has 6 heteroatoms. The summed E-state index contributed by atoms with van der Waals surface area (Å²) in [6, 6.07) is 8.08. The van der Waals surface area contributed by atoms with Gasteiger partial charge in [-0.1, -0.05) is 29.8 Å². The Hall–Kier alpha value is -2.21. The summed E-state index contributed by atoms with van der Waals surface area (Å²) in [6.07, 6.45) is 2.63. The Balaban J connectivity index is 1.55. The van der Waals surface area contributed by atoms with Gasteiger partial charge < -0.3 is 14.5 Å². The predicted molar refractivity (Wildman–Crippen MR) is 79.6 cm³/mol. The third-order valence-corrected chi connectivity index (χ3v) is 3.65. The predicted octanol–water partition coefficient (Wildman–Crippen LogP) is 1.88. The van der Waals surface area contributed by atoms with E-state index in [1.54, 1.807) is 0 Å². The van der Waals surface area contributed by atoms with Crippen LogP contribution in [-0.2, 0) is 11.2 Å². The molecule has 0 spiro atoms. The molecule has 0 bridgehead atoms. The van der Waals surface area contributed by atoms with Crippen LogP contribution in [0.4, 0.5) is 0 Å². The number of rotatable bonds is 5. The van der Waals surface area contributed by atoms with Crippen LogP contribution in [0.2, 0.25) is 0 Å². The summed E-state index contributed by atoms with van der Waals surface area (Å²) >= 11 is 0. The van der Waals surface area contributed by atoms with Gasteiger partial charge in [-0.15, -0.1) is 10.2 Å². The Labute approximate surface area is 128 Å². The van der Waals surface area contributed by atoms with Gasteiger partial charge in [0.1, 0.15) is 0 Å². The Morgan fingerprint density at radius 2 is 2.14 bits per heavy atom. The van der Waals surface area contributed by atoms with Crippen LogP contribution in [0.5, 0.6) is 0 Å². The summed E-state index contributed by atoms with van der Waals surface area (Å²) in [7, 11) is 0. The Kier molecular flexibility index (Phi) is 4.48. The molecule has 6 nitrogen and oxygen atoms in total. The fraction of sp³-hybridized carbons (Fsp3) is 0.438. The summed E-state index contributed by atoms with van der Waals surface area (Å²) in [6.45, 7) is 3.28. The van der Waals surface area contributed by atoms with Crippen LogP contribution >= 0.6 is 0 Å². The van der Waals surface area contributed by atoms with Crippen molar-refractivity contribution < 1.29 is 13.9 Å². The fourth-order valence-corrected chi connectivity index (χ4v) is 2.38. The number of carbonyl (C=O) groups is 1. The molecule has 1 aliphatic rings. The highest BCUT2D eigenvalue weighted by molar-refractivity contribution is 5.89. The number of hydrogen-bond donors (Lipinski definition) is 1. The number of hydrogen-bond acceptors (Lipinski definition) is 5. The Bertz CT molecular complexity index is 630. The van der Waals surface area contributed by atoms with E-state index in [4.69, 9.17) is 9.15 Å². The van der Waals surface area contributed by atoms with Gasteiger partial charge in [0.15, 0.2) is 0 Å². The van der Waals surface area contributed by atoms with Crippen LogP contribution in [0.1, 0.15) is 40.5 Å². The first-order chi connectivity index (χ1) is 10.7. The van der Waals surface area contributed by atoms with Crippen molar-refractivity contribution in [3.63, 3.8) is 0 Å². The molecule has 1 atom stereocenters. The highest BCUT2D eigenvalue weighted by Crippen LogP contribution is 2.12. The normalized spacial score (nSPS) is 17.6. The van der Waals surface area contributed by atoms with Crippen molar-refractivity contribution >= 4 is 5.91 Å². The van der Waals surface area contributed by atoms with Crippen molar-refractivity contribution in [2.45, 2.75) is 32.3 Å². The van der Waals surface area contributed by atoms with Gasteiger partial charge in [-0.05, 0) is 25.3 Å². The van der Waals surface area contributed by atoms with Crippen LogP contribution < -0.4 is 5.32 Å². The van der Waals surface area contributed by atoms with Crippen LogP contribution in [0.15, 0.2) is 28.7 Å². The lowest BCUT2D eigenvalue weighted by atomic mass is 10.1. The molecule has 0 saturated carbocycles. The molecule has 0 radical (unpaired) electrons. The lowest BCUT2D eigenvalue weighted by Crippen LogP contribution is -2.31. The number of ether oxygens (including phenoxy) is 1. The molecule has 3 rings (SSSR count). The van der Waals surface area contributed by atoms with Crippen LogP contribution in [0.3, 0.4) is 0 Å². The smallest absolute Gasteiger partial charge is 0.308 e. The second-order valence-electron chi connectivity index (χ2n) is 5.51. The monoisotopic (exact) mass is 301 g/mol. The van der Waals surface area contributed by atoms with E-state index in [2.05, 4.69) is 15.5 Å². The average Bonchev–Trinajstić information content (AvgIpc) is 3.19. The maximum absolute atomic E-state index is 11.9. The molecule has 1 amide bonds. The summed E-state index contributed by atoms with van der Waals surface area (Å²) in [4.78, 5) is 11.9. The zero-order valence-electron chi connectivity index (χ0n) is 12.5. The third kappa shape index (κ3) is 3.71. The minimum atomic E-state index is -0.349. The van der Waals surface area contributed by atoms with Gasteiger partial charge in [0.25, 0.3) is 0 Å². The van der Waals surface area contributed by atoms with E-state index in [1.165, 1.54) is 5.56 Å². The molecule has 116 valence electrons. The van der Waals surface area contributed by atoms with E-state index >= 15 is 0 Å². The molecular formula is C16H19N3O3. The molecule has 1 aromatic carbocycles. The number of amides is 1. The van der Waals surface area contributed by atoms with Crippen molar-refractivity contribution in [3.8, 4) is 0 Å². The van der Waals surface area contributed by atoms with Gasteiger partial charge >= 0.3 is 11.8 Å². The van der Waals surface area contributed by atoms with Gasteiger partial charge in [-0.25, -0.2) is 0 Å². The zero-order valence-corrected chi connectivity index (χ0v) is 12.5. The fourth-order valence-electron chi connectivity index (χ4n) is 2.38. The second-order valence-corrected chi connectivity index (χ2v) is 5.51. The molecule has 1 aromatic heterocycles. The zero-order chi connectivity index (χ0) is 15.4. The lowest BCUT2D eigenvalue weighted by Gasteiger charge is -2.08. The molecule has 1 N–H and O–H groups in total. The van der Waals surface area contributed by atoms with E-state index in [-0.39, 0.29) is 17.9 Å². The molecular weight excluding hydrogens is 282 g/mol. The topological polar surface area (TPSA) is 77.2 Å². The van der Waals surface area contributed by atoms with Crippen LogP contribution in [-0.4, -0.2) is 35.4 Å². The Morgan fingerprint density at radius 1 is 1.32 bits per heavy atom. The number of nitrogens with zero attached hydrogens (tertiary/aromatic N) is 2. The molecule has 2 heterocycles. The van der Waals surface area contributed by atoms with Gasteiger partial charge in [0, 0.05) is 13.2 Å². The first-order valence-electron chi connectivity index (χ1n) is 7.48. The van der Waals surface area contributed by atoms with E-state index in [0.717, 1.165) is 25.0 Å². The number of aryl methyl sites for hydroxylation is 1. The minimum Gasteiger partial charge on any atom is -0.417 e. The van der Waals surface area contributed by atoms with Crippen molar-refractivity contribution in [1.82, 2.24) is 15.5 Å². The molecule has 1 fully saturated rings. The van der Waals surface area contributed by atoms with Crippen molar-refractivity contribution in [2.24, 2.45) is 0 Å². The minimum absolute atomic E-state index is 0.000101. The molecule has 22 heavy (non-hydrogen) atoms. The summed E-state index contributed by atoms with van der Waals surface area (Å²) in [5, 5.41) is 10.5. The molecule has 2 aromatic rings. The van der Waals surface area contributed by atoms with E-state index < -0.39 is 0 Å². The van der Waals surface area contributed by atoms with E-state index in [0.29, 0.717) is 18.9 Å². The third-order valence-electron chi connectivity index (χ3n) is 3.65. The number of aromatic nitrogens is 2. The number of carbonyl (C=O) groups excluding carboxylic acids is 1. The second kappa shape index (κ2) is 6.70. The molecule has 0 aliphatic carbocycles. The van der Waals surface area contributed by atoms with Crippen molar-refractivity contribution in [1.29, 1.82) is 0 Å². The van der Waals surface area contributed by atoms with Crippen LogP contribution in [0.25, 0.3) is 0 Å². The summed E-state index contributed by atoms with van der Waals surface area (Å²) < 4.78 is 10.9. The van der Waals surface area contributed by atoms with E-state index in [1.807, 2.05) is 31.2 Å². The van der Waals surface area contributed by atoms with E-state index in [9.17, 15) is 4.79 Å². The van der Waals surface area contributed by atoms with Crippen LogP contribution in [0, 0.1) is 6.92 Å². The maximum Gasteiger partial charge on any atom is 0.308 e. The standard InChI is InChI=1S/C16H19N3O3/c1-11-4-6-12(7-5-11)9-14-18-19-16(22-14)15(20)17-10-13-3-2-8-21-13/h4-7,13H,2-3,8-10H2,1H3,(H,17,20). The molecule has 1 saturated heterocycles. The molecule has 1 unspecified atom stereocenters. The Morgan fingerprint density at radius 3 is 2.86 bits per heavy atom. The summed E-state index contributed by atoms with van der Waals surface area (Å²) in [5.74, 6) is 0.0874. The van der Waals surface area contributed by atoms with Crippen molar-refractivity contribution in [3.05, 3.63) is 47.2 Å². The van der Waals surface area contributed by atoms with Crippen molar-refractivity contribution in [2.75, 3.05) is 13.2 Å². The average molecular weight is 301 g/mol.